The van der Waals surface area contributed by atoms with Crippen LogP contribution < -0.4 is 5.32 Å². The molecule has 1 atom stereocenters. The first-order valence-electron chi connectivity index (χ1n) is 9.57. The molecule has 3 heteroatoms. The molecule has 0 spiro atoms. The quantitative estimate of drug-likeness (QED) is 0.867. The third kappa shape index (κ3) is 3.73. The van der Waals surface area contributed by atoms with Crippen LogP contribution in [-0.4, -0.2) is 42.4 Å². The number of Topliss-reactive ketones (excluding diaryl/α,β-unsaturated/α-hetero) is 1. The Labute approximate surface area is 136 Å². The van der Waals surface area contributed by atoms with Crippen molar-refractivity contribution in [2.75, 3.05) is 19.6 Å². The maximum Gasteiger partial charge on any atom is 0.153 e. The van der Waals surface area contributed by atoms with Gasteiger partial charge in [-0.25, -0.2) is 0 Å². The Hall–Kier alpha value is -0.410. The van der Waals surface area contributed by atoms with Crippen molar-refractivity contribution in [1.29, 1.82) is 0 Å². The van der Waals surface area contributed by atoms with Gasteiger partial charge in [0.1, 0.15) is 0 Å². The number of likely N-dealkylation sites (tertiary alicyclic amines) is 1. The molecule has 0 bridgehead atoms. The van der Waals surface area contributed by atoms with Crippen LogP contribution in [0.1, 0.15) is 71.6 Å². The van der Waals surface area contributed by atoms with Crippen molar-refractivity contribution in [3.63, 3.8) is 0 Å². The van der Waals surface area contributed by atoms with Crippen LogP contribution in [0.25, 0.3) is 0 Å². The minimum atomic E-state index is 0.204. The topological polar surface area (TPSA) is 32.3 Å². The zero-order chi connectivity index (χ0) is 15.6. The van der Waals surface area contributed by atoms with Gasteiger partial charge in [-0.2, -0.15) is 0 Å². The zero-order valence-electron chi connectivity index (χ0n) is 14.6. The fourth-order valence-corrected chi connectivity index (χ4v) is 4.82. The van der Waals surface area contributed by atoms with Crippen LogP contribution in [-0.2, 0) is 4.79 Å². The molecule has 2 saturated heterocycles. The SMILES string of the molecule is CC1(C)CCN(C2CCCCC2)C(C(=O)C2CCNCC2)C1. The van der Waals surface area contributed by atoms with Crippen LogP contribution in [0, 0.1) is 11.3 Å². The van der Waals surface area contributed by atoms with Crippen LogP contribution in [0.5, 0.6) is 0 Å². The van der Waals surface area contributed by atoms with Gasteiger partial charge in [0.15, 0.2) is 5.78 Å². The second-order valence-corrected chi connectivity index (χ2v) is 8.59. The molecular formula is C19H34N2O. The van der Waals surface area contributed by atoms with Crippen molar-refractivity contribution >= 4 is 5.78 Å². The molecule has 3 rings (SSSR count). The van der Waals surface area contributed by atoms with Crippen molar-refractivity contribution in [2.45, 2.75) is 83.7 Å². The number of carbonyl (C=O) groups excluding carboxylic acids is 1. The summed E-state index contributed by atoms with van der Waals surface area (Å²) in [5.41, 5.74) is 0.332. The first kappa shape index (κ1) is 16.4. The van der Waals surface area contributed by atoms with E-state index in [0.717, 1.165) is 38.9 Å². The Morgan fingerprint density at radius 3 is 2.41 bits per heavy atom. The largest absolute Gasteiger partial charge is 0.317 e. The van der Waals surface area contributed by atoms with Crippen LogP contribution in [0.3, 0.4) is 0 Å². The summed E-state index contributed by atoms with van der Waals surface area (Å²) < 4.78 is 0. The molecule has 1 aliphatic carbocycles. The Kier molecular flexibility index (Phi) is 5.24. The molecule has 0 radical (unpaired) electrons. The minimum Gasteiger partial charge on any atom is -0.317 e. The molecule has 2 heterocycles. The summed E-state index contributed by atoms with van der Waals surface area (Å²) in [4.78, 5) is 15.9. The number of carbonyl (C=O) groups is 1. The predicted octanol–water partition coefficient (Wildman–Crippen LogP) is 3.38. The van der Waals surface area contributed by atoms with Gasteiger partial charge >= 0.3 is 0 Å². The van der Waals surface area contributed by atoms with Gasteiger partial charge < -0.3 is 5.32 Å². The molecule has 0 amide bonds. The van der Waals surface area contributed by atoms with Crippen molar-refractivity contribution < 1.29 is 4.79 Å². The Balaban J connectivity index is 1.73. The molecule has 2 aliphatic heterocycles. The van der Waals surface area contributed by atoms with E-state index in [1.807, 2.05) is 0 Å². The molecule has 1 N–H and O–H groups in total. The van der Waals surface area contributed by atoms with Crippen molar-refractivity contribution in [1.82, 2.24) is 10.2 Å². The highest BCUT2D eigenvalue weighted by Crippen LogP contribution is 2.39. The molecule has 3 fully saturated rings. The lowest BCUT2D eigenvalue weighted by Gasteiger charge is -2.48. The molecule has 1 unspecified atom stereocenters. The predicted molar refractivity (Wildman–Crippen MR) is 91.0 cm³/mol. The minimum absolute atomic E-state index is 0.204. The Morgan fingerprint density at radius 2 is 1.73 bits per heavy atom. The smallest absolute Gasteiger partial charge is 0.153 e. The normalized spacial score (nSPS) is 32.0. The molecule has 1 saturated carbocycles. The van der Waals surface area contributed by atoms with Crippen molar-refractivity contribution in [3.05, 3.63) is 0 Å². The maximum atomic E-state index is 13.2. The van der Waals surface area contributed by atoms with Crippen molar-refractivity contribution in [2.24, 2.45) is 11.3 Å². The van der Waals surface area contributed by atoms with Gasteiger partial charge in [0.05, 0.1) is 6.04 Å². The van der Waals surface area contributed by atoms with E-state index in [1.54, 1.807) is 0 Å². The summed E-state index contributed by atoms with van der Waals surface area (Å²) in [6.07, 6.45) is 11.2. The highest BCUT2D eigenvalue weighted by atomic mass is 16.1. The van der Waals surface area contributed by atoms with Gasteiger partial charge in [0.25, 0.3) is 0 Å². The van der Waals surface area contributed by atoms with Crippen LogP contribution in [0.15, 0.2) is 0 Å². The van der Waals surface area contributed by atoms with E-state index < -0.39 is 0 Å². The fourth-order valence-electron chi connectivity index (χ4n) is 4.82. The number of hydrogen-bond acceptors (Lipinski definition) is 3. The highest BCUT2D eigenvalue weighted by Gasteiger charge is 2.42. The van der Waals surface area contributed by atoms with E-state index in [9.17, 15) is 4.79 Å². The first-order valence-corrected chi connectivity index (χ1v) is 9.57. The Bertz CT molecular complexity index is 381. The Morgan fingerprint density at radius 1 is 1.05 bits per heavy atom. The van der Waals surface area contributed by atoms with E-state index in [0.29, 0.717) is 23.2 Å². The van der Waals surface area contributed by atoms with E-state index in [1.165, 1.54) is 38.5 Å². The second-order valence-electron chi connectivity index (χ2n) is 8.59. The molecule has 22 heavy (non-hydrogen) atoms. The summed E-state index contributed by atoms with van der Waals surface area (Å²) in [7, 11) is 0. The van der Waals surface area contributed by atoms with Crippen molar-refractivity contribution in [3.8, 4) is 0 Å². The van der Waals surface area contributed by atoms with E-state index in [-0.39, 0.29) is 6.04 Å². The lowest BCUT2D eigenvalue weighted by molar-refractivity contribution is -0.134. The van der Waals surface area contributed by atoms with Gasteiger partial charge in [-0.05, 0) is 63.6 Å². The molecule has 0 aromatic heterocycles. The number of rotatable bonds is 3. The first-order chi connectivity index (χ1) is 10.6. The van der Waals surface area contributed by atoms with Gasteiger partial charge in [-0.3, -0.25) is 9.69 Å². The lowest BCUT2D eigenvalue weighted by Crippen LogP contribution is -2.56. The van der Waals surface area contributed by atoms with E-state index in [2.05, 4.69) is 24.1 Å². The van der Waals surface area contributed by atoms with Gasteiger partial charge in [-0.15, -0.1) is 0 Å². The molecular weight excluding hydrogens is 272 g/mol. The number of piperidine rings is 2. The number of ketones is 1. The number of nitrogens with zero attached hydrogens (tertiary/aromatic N) is 1. The van der Waals surface area contributed by atoms with Gasteiger partial charge in [0.2, 0.25) is 0 Å². The molecule has 126 valence electrons. The average Bonchev–Trinajstić information content (AvgIpc) is 2.55. The summed E-state index contributed by atoms with van der Waals surface area (Å²) >= 11 is 0. The standard InChI is InChI=1S/C19H34N2O/c1-19(2)10-13-21(16-6-4-3-5-7-16)17(14-19)18(22)15-8-11-20-12-9-15/h15-17,20H,3-14H2,1-2H3. The third-order valence-electron chi connectivity index (χ3n) is 6.31. The van der Waals surface area contributed by atoms with Crippen LogP contribution in [0.2, 0.25) is 0 Å². The number of hydrogen-bond donors (Lipinski definition) is 1. The van der Waals surface area contributed by atoms with Crippen LogP contribution in [0.4, 0.5) is 0 Å². The third-order valence-corrected chi connectivity index (χ3v) is 6.31. The molecule has 3 aliphatic rings. The van der Waals surface area contributed by atoms with Crippen LogP contribution >= 0.6 is 0 Å². The lowest BCUT2D eigenvalue weighted by atomic mass is 9.74. The van der Waals surface area contributed by atoms with Gasteiger partial charge in [-0.1, -0.05) is 33.1 Å². The van der Waals surface area contributed by atoms with E-state index in [4.69, 9.17) is 0 Å². The second kappa shape index (κ2) is 7.00. The molecule has 3 nitrogen and oxygen atoms in total. The molecule has 0 aromatic rings. The molecule has 0 aromatic carbocycles. The van der Waals surface area contributed by atoms with E-state index >= 15 is 0 Å². The summed E-state index contributed by atoms with van der Waals surface area (Å²) in [5, 5.41) is 3.40. The average molecular weight is 306 g/mol. The monoisotopic (exact) mass is 306 g/mol. The summed E-state index contributed by atoms with van der Waals surface area (Å²) in [6, 6.07) is 0.885. The summed E-state index contributed by atoms with van der Waals surface area (Å²) in [6.45, 7) is 7.90. The maximum absolute atomic E-state index is 13.2. The number of nitrogens with one attached hydrogen (secondary N) is 1. The highest BCUT2D eigenvalue weighted by molar-refractivity contribution is 5.86. The van der Waals surface area contributed by atoms with Gasteiger partial charge in [0, 0.05) is 12.0 Å². The zero-order valence-corrected chi connectivity index (χ0v) is 14.6. The fraction of sp³-hybridized carbons (Fsp3) is 0.947. The summed E-state index contributed by atoms with van der Waals surface area (Å²) in [5.74, 6) is 0.881.